The first-order valence-electron chi connectivity index (χ1n) is 8.18. The maximum atomic E-state index is 12.6. The van der Waals surface area contributed by atoms with Gasteiger partial charge in [-0.15, -0.1) is 0 Å². The summed E-state index contributed by atoms with van der Waals surface area (Å²) < 4.78 is 6.71. The Morgan fingerprint density at radius 1 is 1.30 bits per heavy atom. The highest BCUT2D eigenvalue weighted by Gasteiger charge is 2.20. The first-order valence-corrected chi connectivity index (χ1v) is 8.99. The van der Waals surface area contributed by atoms with Crippen LogP contribution in [0.2, 0.25) is 0 Å². The summed E-state index contributed by atoms with van der Waals surface area (Å²) in [5.74, 6) is -0.826. The first-order chi connectivity index (χ1) is 13.0. The van der Waals surface area contributed by atoms with E-state index in [1.54, 1.807) is 11.6 Å². The van der Waals surface area contributed by atoms with Gasteiger partial charge >= 0.3 is 5.97 Å². The van der Waals surface area contributed by atoms with Gasteiger partial charge in [-0.1, -0.05) is 42.2 Å². The molecule has 0 aliphatic rings. The molecule has 0 fully saturated rings. The number of hydrogen-bond acceptors (Lipinski definition) is 6. The molecule has 0 unspecified atom stereocenters. The molecule has 3 rings (SSSR count). The fourth-order valence-electron chi connectivity index (χ4n) is 2.47. The lowest BCUT2D eigenvalue weighted by Crippen LogP contribution is -2.13. The van der Waals surface area contributed by atoms with Gasteiger partial charge in [-0.05, 0) is 26.0 Å². The molecule has 0 spiro atoms. The van der Waals surface area contributed by atoms with E-state index in [0.29, 0.717) is 27.0 Å². The highest BCUT2D eigenvalue weighted by Crippen LogP contribution is 2.24. The van der Waals surface area contributed by atoms with E-state index in [0.717, 1.165) is 17.0 Å². The van der Waals surface area contributed by atoms with Crippen LogP contribution in [0.15, 0.2) is 49.2 Å². The lowest BCUT2D eigenvalue weighted by Gasteiger charge is -2.05. The van der Waals surface area contributed by atoms with Crippen LogP contribution in [0.3, 0.4) is 0 Å². The summed E-state index contributed by atoms with van der Waals surface area (Å²) in [5.41, 5.74) is 2.51. The van der Waals surface area contributed by atoms with Crippen molar-refractivity contribution in [3.05, 3.63) is 71.0 Å². The molecule has 1 amide bonds. The number of para-hydroxylation sites is 1. The number of rotatable bonds is 6. The summed E-state index contributed by atoms with van der Waals surface area (Å²) in [7, 11) is 0. The standard InChI is InChI=1S/C19H18N4O3S/c1-4-10-26-18(25)16-12(2)21-19(27-16)22-17(24)15-11-20-23(13(15)3)14-8-6-5-7-9-14/h4-9,11H,1,10H2,2-3H3,(H,21,22,24). The van der Waals surface area contributed by atoms with E-state index in [-0.39, 0.29) is 12.5 Å². The molecule has 0 aliphatic carbocycles. The highest BCUT2D eigenvalue weighted by molar-refractivity contribution is 7.17. The minimum absolute atomic E-state index is 0.121. The van der Waals surface area contributed by atoms with Gasteiger partial charge in [-0.25, -0.2) is 14.5 Å². The van der Waals surface area contributed by atoms with Crippen LogP contribution in [0, 0.1) is 13.8 Å². The van der Waals surface area contributed by atoms with Gasteiger partial charge in [0.15, 0.2) is 5.13 Å². The number of anilines is 1. The van der Waals surface area contributed by atoms with E-state index in [4.69, 9.17) is 4.74 Å². The largest absolute Gasteiger partial charge is 0.457 e. The van der Waals surface area contributed by atoms with Gasteiger partial charge in [0.1, 0.15) is 11.5 Å². The normalized spacial score (nSPS) is 10.4. The molecular formula is C19H18N4O3S. The highest BCUT2D eigenvalue weighted by atomic mass is 32.1. The molecule has 1 aromatic carbocycles. The molecule has 138 valence electrons. The smallest absolute Gasteiger partial charge is 0.350 e. The van der Waals surface area contributed by atoms with Crippen LogP contribution in [0.25, 0.3) is 5.69 Å². The van der Waals surface area contributed by atoms with Gasteiger partial charge < -0.3 is 4.74 Å². The van der Waals surface area contributed by atoms with E-state index in [1.807, 2.05) is 37.3 Å². The Labute approximate surface area is 160 Å². The zero-order valence-corrected chi connectivity index (χ0v) is 15.7. The van der Waals surface area contributed by atoms with Crippen LogP contribution in [-0.2, 0) is 4.74 Å². The number of ether oxygens (including phenoxy) is 1. The summed E-state index contributed by atoms with van der Waals surface area (Å²) in [6.45, 7) is 7.13. The molecule has 0 bridgehead atoms. The topological polar surface area (TPSA) is 86.1 Å². The number of aromatic nitrogens is 3. The quantitative estimate of drug-likeness (QED) is 0.520. The van der Waals surface area contributed by atoms with Crippen molar-refractivity contribution in [2.75, 3.05) is 11.9 Å². The molecule has 2 heterocycles. The maximum Gasteiger partial charge on any atom is 0.350 e. The number of carbonyl (C=O) groups is 2. The molecule has 0 atom stereocenters. The van der Waals surface area contributed by atoms with E-state index < -0.39 is 5.97 Å². The van der Waals surface area contributed by atoms with E-state index >= 15 is 0 Å². The molecule has 2 aromatic heterocycles. The number of aryl methyl sites for hydroxylation is 1. The van der Waals surface area contributed by atoms with Crippen molar-refractivity contribution in [2.24, 2.45) is 0 Å². The Kier molecular flexibility index (Phi) is 5.46. The number of carbonyl (C=O) groups excluding carboxylic acids is 2. The maximum absolute atomic E-state index is 12.6. The molecular weight excluding hydrogens is 364 g/mol. The zero-order valence-electron chi connectivity index (χ0n) is 14.9. The molecule has 1 N–H and O–H groups in total. The number of amides is 1. The zero-order chi connectivity index (χ0) is 19.4. The molecule has 0 saturated heterocycles. The molecule has 7 nitrogen and oxygen atoms in total. The Morgan fingerprint density at radius 2 is 2.04 bits per heavy atom. The number of benzene rings is 1. The average Bonchev–Trinajstić information content (AvgIpc) is 3.23. The van der Waals surface area contributed by atoms with Crippen molar-refractivity contribution in [3.8, 4) is 5.69 Å². The third-order valence-corrected chi connectivity index (χ3v) is 4.84. The van der Waals surface area contributed by atoms with E-state index in [9.17, 15) is 9.59 Å². The SMILES string of the molecule is C=CCOC(=O)c1sc(NC(=O)c2cnn(-c3ccccc3)c2C)nc1C. The van der Waals surface area contributed by atoms with E-state index in [2.05, 4.69) is 22.0 Å². The summed E-state index contributed by atoms with van der Waals surface area (Å²) in [6.07, 6.45) is 3.00. The Bertz CT molecular complexity index is 992. The van der Waals surface area contributed by atoms with Crippen LogP contribution >= 0.6 is 11.3 Å². The number of esters is 1. The molecule has 0 aliphatic heterocycles. The van der Waals surface area contributed by atoms with Gasteiger partial charge in [0.2, 0.25) is 0 Å². The van der Waals surface area contributed by atoms with Crippen LogP contribution in [-0.4, -0.2) is 33.2 Å². The summed E-state index contributed by atoms with van der Waals surface area (Å²) in [5, 5.41) is 7.34. The fraction of sp³-hybridized carbons (Fsp3) is 0.158. The van der Waals surface area contributed by atoms with Gasteiger partial charge in [0, 0.05) is 0 Å². The summed E-state index contributed by atoms with van der Waals surface area (Å²) >= 11 is 1.07. The van der Waals surface area contributed by atoms with Crippen molar-refractivity contribution >= 4 is 28.3 Å². The van der Waals surface area contributed by atoms with Gasteiger partial charge in [-0.2, -0.15) is 5.10 Å². The predicted molar refractivity (Wildman–Crippen MR) is 104 cm³/mol. The monoisotopic (exact) mass is 382 g/mol. The summed E-state index contributed by atoms with van der Waals surface area (Å²) in [6, 6.07) is 9.54. The number of hydrogen-bond donors (Lipinski definition) is 1. The van der Waals surface area contributed by atoms with Crippen molar-refractivity contribution in [1.29, 1.82) is 0 Å². The van der Waals surface area contributed by atoms with E-state index in [1.165, 1.54) is 12.3 Å². The average molecular weight is 382 g/mol. The summed E-state index contributed by atoms with van der Waals surface area (Å²) in [4.78, 5) is 29.2. The van der Waals surface area contributed by atoms with Crippen LogP contribution in [0.4, 0.5) is 5.13 Å². The Balaban J connectivity index is 1.78. The van der Waals surface area contributed by atoms with Crippen molar-refractivity contribution < 1.29 is 14.3 Å². The Morgan fingerprint density at radius 3 is 2.74 bits per heavy atom. The van der Waals surface area contributed by atoms with Crippen LogP contribution in [0.1, 0.15) is 31.4 Å². The van der Waals surface area contributed by atoms with Gasteiger partial charge in [0.05, 0.1) is 28.8 Å². The second kappa shape index (κ2) is 7.96. The molecule has 0 radical (unpaired) electrons. The minimum atomic E-state index is -0.488. The third kappa shape index (κ3) is 3.95. The first kappa shape index (κ1) is 18.5. The van der Waals surface area contributed by atoms with Gasteiger partial charge in [0.25, 0.3) is 5.91 Å². The molecule has 3 aromatic rings. The second-order valence-electron chi connectivity index (χ2n) is 5.67. The Hall–Kier alpha value is -3.26. The molecule has 8 heteroatoms. The van der Waals surface area contributed by atoms with Gasteiger partial charge in [-0.3, -0.25) is 10.1 Å². The van der Waals surface area contributed by atoms with Crippen LogP contribution < -0.4 is 5.32 Å². The van der Waals surface area contributed by atoms with Crippen molar-refractivity contribution in [1.82, 2.24) is 14.8 Å². The van der Waals surface area contributed by atoms with Crippen molar-refractivity contribution in [2.45, 2.75) is 13.8 Å². The molecule has 0 saturated carbocycles. The number of nitrogens with one attached hydrogen (secondary N) is 1. The second-order valence-corrected chi connectivity index (χ2v) is 6.66. The van der Waals surface area contributed by atoms with Crippen molar-refractivity contribution in [3.63, 3.8) is 0 Å². The lowest BCUT2D eigenvalue weighted by atomic mass is 10.2. The lowest BCUT2D eigenvalue weighted by molar-refractivity contribution is 0.0554. The number of thiazole rings is 1. The molecule has 27 heavy (non-hydrogen) atoms. The fourth-order valence-corrected chi connectivity index (χ4v) is 3.32. The minimum Gasteiger partial charge on any atom is -0.457 e. The third-order valence-electron chi connectivity index (χ3n) is 3.79. The predicted octanol–water partition coefficient (Wildman–Crippen LogP) is 3.54. The van der Waals surface area contributed by atoms with Crippen LogP contribution in [0.5, 0.6) is 0 Å². The number of nitrogens with zero attached hydrogens (tertiary/aromatic N) is 3.